The zero-order valence-electron chi connectivity index (χ0n) is 19.4. The standard InChI is InChI=1S/C26H28BrN5O2/c1-18-14-20(27)8-9-22(18)32-17-24(28-29-32)26(34)10-5-12-31(13-11-26)25(33)15-19-16-30(2)23-7-4-3-6-21(19)23/h3-4,6-9,14,16-17,34H,5,10-13,15H2,1-2H3. The van der Waals surface area contributed by atoms with E-state index in [1.54, 1.807) is 4.68 Å². The van der Waals surface area contributed by atoms with Gasteiger partial charge in [-0.25, -0.2) is 4.68 Å². The summed E-state index contributed by atoms with van der Waals surface area (Å²) in [7, 11) is 2.01. The first kappa shape index (κ1) is 22.8. The fourth-order valence-corrected chi connectivity index (χ4v) is 5.41. The van der Waals surface area contributed by atoms with E-state index in [1.807, 2.05) is 61.6 Å². The summed E-state index contributed by atoms with van der Waals surface area (Å²) in [6.45, 7) is 3.14. The Morgan fingerprint density at radius 3 is 2.79 bits per heavy atom. The van der Waals surface area contributed by atoms with E-state index < -0.39 is 5.60 Å². The summed E-state index contributed by atoms with van der Waals surface area (Å²) in [5.74, 6) is 0.0924. The average molecular weight is 522 g/mol. The minimum Gasteiger partial charge on any atom is -0.383 e. The predicted molar refractivity (Wildman–Crippen MR) is 135 cm³/mol. The number of hydrogen-bond donors (Lipinski definition) is 1. The van der Waals surface area contributed by atoms with Gasteiger partial charge in [0, 0.05) is 41.7 Å². The molecule has 1 aliphatic heterocycles. The molecule has 176 valence electrons. The van der Waals surface area contributed by atoms with E-state index >= 15 is 0 Å². The van der Waals surface area contributed by atoms with Crippen LogP contribution >= 0.6 is 15.9 Å². The van der Waals surface area contributed by atoms with Crippen LogP contribution in [0.4, 0.5) is 0 Å². The maximum Gasteiger partial charge on any atom is 0.227 e. The highest BCUT2D eigenvalue weighted by atomic mass is 79.9. The van der Waals surface area contributed by atoms with Crippen molar-refractivity contribution in [3.05, 3.63) is 76.2 Å². The summed E-state index contributed by atoms with van der Waals surface area (Å²) in [4.78, 5) is 15.1. The molecule has 1 atom stereocenters. The van der Waals surface area contributed by atoms with Gasteiger partial charge in [0.05, 0.1) is 18.3 Å². The van der Waals surface area contributed by atoms with Crippen molar-refractivity contribution in [3.63, 3.8) is 0 Å². The molecule has 1 amide bonds. The molecule has 3 heterocycles. The summed E-state index contributed by atoms with van der Waals surface area (Å²) in [6.07, 6.45) is 5.90. The first-order valence-corrected chi connectivity index (χ1v) is 12.4. The van der Waals surface area contributed by atoms with Crippen molar-refractivity contribution in [2.45, 2.75) is 38.2 Å². The zero-order chi connectivity index (χ0) is 23.9. The number of aliphatic hydroxyl groups is 1. The van der Waals surface area contributed by atoms with Crippen molar-refractivity contribution in [1.29, 1.82) is 0 Å². The van der Waals surface area contributed by atoms with E-state index in [-0.39, 0.29) is 5.91 Å². The number of aromatic nitrogens is 4. The number of para-hydroxylation sites is 1. The Balaban J connectivity index is 1.30. The predicted octanol–water partition coefficient (Wildman–Crippen LogP) is 4.27. The summed E-state index contributed by atoms with van der Waals surface area (Å²) < 4.78 is 4.78. The van der Waals surface area contributed by atoms with Crippen molar-refractivity contribution in [2.75, 3.05) is 13.1 Å². The van der Waals surface area contributed by atoms with Crippen LogP contribution < -0.4 is 0 Å². The Kier molecular flexibility index (Phi) is 6.04. The van der Waals surface area contributed by atoms with Gasteiger partial charge < -0.3 is 14.6 Å². The Labute approximate surface area is 207 Å². The van der Waals surface area contributed by atoms with Crippen LogP contribution in [0.5, 0.6) is 0 Å². The molecule has 0 radical (unpaired) electrons. The number of fused-ring (bicyclic) bond motifs is 1. The number of likely N-dealkylation sites (tertiary alicyclic amines) is 1. The molecule has 1 unspecified atom stereocenters. The highest BCUT2D eigenvalue weighted by Crippen LogP contribution is 2.32. The van der Waals surface area contributed by atoms with Crippen LogP contribution in [0.25, 0.3) is 16.6 Å². The first-order chi connectivity index (χ1) is 16.3. The Morgan fingerprint density at radius 2 is 1.97 bits per heavy atom. The second-order valence-electron chi connectivity index (χ2n) is 9.20. The molecule has 2 aromatic carbocycles. The molecule has 1 N–H and O–H groups in total. The Bertz CT molecular complexity index is 1360. The second-order valence-corrected chi connectivity index (χ2v) is 10.1. The van der Waals surface area contributed by atoms with Gasteiger partial charge >= 0.3 is 0 Å². The molecule has 2 aromatic heterocycles. The quantitative estimate of drug-likeness (QED) is 0.435. The third-order valence-corrected chi connectivity index (χ3v) is 7.36. The average Bonchev–Trinajstić information content (AvgIpc) is 3.36. The van der Waals surface area contributed by atoms with Crippen LogP contribution in [0.2, 0.25) is 0 Å². The van der Waals surface area contributed by atoms with Gasteiger partial charge in [-0.3, -0.25) is 4.79 Å². The van der Waals surface area contributed by atoms with Crippen molar-refractivity contribution >= 4 is 32.7 Å². The summed E-state index contributed by atoms with van der Waals surface area (Å²) >= 11 is 3.49. The molecule has 1 saturated heterocycles. The van der Waals surface area contributed by atoms with Gasteiger partial charge in [0.25, 0.3) is 0 Å². The number of carbonyl (C=O) groups is 1. The van der Waals surface area contributed by atoms with Gasteiger partial charge in [-0.2, -0.15) is 0 Å². The Hall–Kier alpha value is -2.97. The third-order valence-electron chi connectivity index (χ3n) is 6.86. The van der Waals surface area contributed by atoms with Gasteiger partial charge in [-0.15, -0.1) is 5.10 Å². The van der Waals surface area contributed by atoms with Crippen LogP contribution in [0.15, 0.2) is 59.3 Å². The minimum atomic E-state index is -1.10. The van der Waals surface area contributed by atoms with E-state index in [2.05, 4.69) is 42.9 Å². The Morgan fingerprint density at radius 1 is 1.15 bits per heavy atom. The van der Waals surface area contributed by atoms with Crippen LogP contribution in [0, 0.1) is 6.92 Å². The molecular weight excluding hydrogens is 494 g/mol. The smallest absolute Gasteiger partial charge is 0.227 e. The SMILES string of the molecule is Cc1cc(Br)ccc1-n1cc(C2(O)CCCN(C(=O)Cc3cn(C)c4ccccc34)CC2)nn1. The summed E-state index contributed by atoms with van der Waals surface area (Å²) in [5, 5.41) is 21.2. The van der Waals surface area contributed by atoms with Crippen LogP contribution in [-0.4, -0.2) is 48.6 Å². The fourth-order valence-electron chi connectivity index (χ4n) is 4.94. The van der Waals surface area contributed by atoms with E-state index in [9.17, 15) is 9.90 Å². The van der Waals surface area contributed by atoms with Crippen molar-refractivity contribution in [3.8, 4) is 5.69 Å². The maximum atomic E-state index is 13.2. The van der Waals surface area contributed by atoms with Crippen molar-refractivity contribution < 1.29 is 9.90 Å². The van der Waals surface area contributed by atoms with Gasteiger partial charge in [-0.1, -0.05) is 39.3 Å². The summed E-state index contributed by atoms with van der Waals surface area (Å²) in [5.41, 5.74) is 3.60. The van der Waals surface area contributed by atoms with Crippen LogP contribution in [0.3, 0.4) is 0 Å². The lowest BCUT2D eigenvalue weighted by molar-refractivity contribution is -0.130. The molecular formula is C26H28BrN5O2. The molecule has 5 rings (SSSR count). The zero-order valence-corrected chi connectivity index (χ0v) is 21.0. The number of halogens is 1. The van der Waals surface area contributed by atoms with E-state index in [4.69, 9.17) is 0 Å². The van der Waals surface area contributed by atoms with Crippen molar-refractivity contribution in [2.24, 2.45) is 7.05 Å². The topological polar surface area (TPSA) is 76.2 Å². The van der Waals surface area contributed by atoms with Crippen LogP contribution in [0.1, 0.15) is 36.1 Å². The van der Waals surface area contributed by atoms with Gasteiger partial charge in [0.1, 0.15) is 11.3 Å². The number of amides is 1. The second kappa shape index (κ2) is 9.00. The number of nitrogens with zero attached hydrogens (tertiary/aromatic N) is 5. The van der Waals surface area contributed by atoms with Gasteiger partial charge in [-0.05, 0) is 61.6 Å². The molecule has 1 aliphatic rings. The number of carbonyl (C=O) groups excluding carboxylic acids is 1. The number of rotatable bonds is 4. The maximum absolute atomic E-state index is 13.2. The molecule has 8 heteroatoms. The van der Waals surface area contributed by atoms with E-state index in [0.717, 1.165) is 32.2 Å². The first-order valence-electron chi connectivity index (χ1n) is 11.6. The highest BCUT2D eigenvalue weighted by molar-refractivity contribution is 9.10. The fraction of sp³-hybridized carbons (Fsp3) is 0.346. The lowest BCUT2D eigenvalue weighted by Crippen LogP contribution is -2.34. The van der Waals surface area contributed by atoms with E-state index in [0.29, 0.717) is 44.5 Å². The molecule has 0 spiro atoms. The lowest BCUT2D eigenvalue weighted by Gasteiger charge is -2.24. The van der Waals surface area contributed by atoms with Gasteiger partial charge in [0.2, 0.25) is 5.91 Å². The van der Waals surface area contributed by atoms with Crippen LogP contribution in [-0.2, 0) is 23.9 Å². The van der Waals surface area contributed by atoms with Gasteiger partial charge in [0.15, 0.2) is 0 Å². The lowest BCUT2D eigenvalue weighted by atomic mass is 9.92. The number of hydrogen-bond acceptors (Lipinski definition) is 4. The molecule has 0 saturated carbocycles. The molecule has 0 bridgehead atoms. The molecule has 1 fully saturated rings. The molecule has 34 heavy (non-hydrogen) atoms. The normalized spacial score (nSPS) is 18.9. The third kappa shape index (κ3) is 4.28. The summed E-state index contributed by atoms with van der Waals surface area (Å²) in [6, 6.07) is 14.1. The number of benzene rings is 2. The number of aryl methyl sites for hydroxylation is 2. The molecule has 7 nitrogen and oxygen atoms in total. The van der Waals surface area contributed by atoms with Crippen molar-refractivity contribution in [1.82, 2.24) is 24.5 Å². The monoisotopic (exact) mass is 521 g/mol. The highest BCUT2D eigenvalue weighted by Gasteiger charge is 2.36. The van der Waals surface area contributed by atoms with E-state index in [1.165, 1.54) is 0 Å². The minimum absolute atomic E-state index is 0.0924. The molecule has 0 aliphatic carbocycles. The molecule has 4 aromatic rings. The largest absolute Gasteiger partial charge is 0.383 e.